The van der Waals surface area contributed by atoms with Gasteiger partial charge in [-0.2, -0.15) is 4.98 Å². The number of fused-ring (bicyclic) bond motifs is 1. The van der Waals surface area contributed by atoms with Crippen molar-refractivity contribution in [3.05, 3.63) is 69.7 Å². The summed E-state index contributed by atoms with van der Waals surface area (Å²) < 4.78 is 6.68. The molecule has 0 saturated carbocycles. The Morgan fingerprint density at radius 2 is 1.94 bits per heavy atom. The minimum absolute atomic E-state index is 0.136. The number of benzene rings is 1. The highest BCUT2D eigenvalue weighted by Crippen LogP contribution is 2.33. The molecule has 1 aromatic carbocycles. The van der Waals surface area contributed by atoms with Crippen LogP contribution >= 0.6 is 22.7 Å². The SMILES string of the molecule is CC(C)(C)c1nc(-c2ccc(NC(=O)Cn3cnc4scc(-c5cccs5)c4c3=O)cc2)no1. The van der Waals surface area contributed by atoms with Crippen LogP contribution in [-0.2, 0) is 16.8 Å². The van der Waals surface area contributed by atoms with Gasteiger partial charge in [-0.3, -0.25) is 14.2 Å². The monoisotopic (exact) mass is 491 g/mol. The van der Waals surface area contributed by atoms with Crippen LogP contribution in [-0.4, -0.2) is 25.6 Å². The van der Waals surface area contributed by atoms with Gasteiger partial charge in [-0.15, -0.1) is 22.7 Å². The lowest BCUT2D eigenvalue weighted by atomic mass is 9.97. The number of hydrogen-bond acceptors (Lipinski definition) is 8. The molecule has 5 rings (SSSR count). The predicted molar refractivity (Wildman–Crippen MR) is 134 cm³/mol. The zero-order valence-corrected chi connectivity index (χ0v) is 20.4. The molecule has 4 heterocycles. The van der Waals surface area contributed by atoms with E-state index in [0.29, 0.717) is 27.6 Å². The van der Waals surface area contributed by atoms with E-state index in [-0.39, 0.29) is 23.4 Å². The van der Waals surface area contributed by atoms with Crippen LogP contribution in [0.2, 0.25) is 0 Å². The second-order valence-electron chi connectivity index (χ2n) is 8.78. The molecule has 0 atom stereocenters. The van der Waals surface area contributed by atoms with E-state index in [4.69, 9.17) is 4.52 Å². The third-order valence-corrected chi connectivity index (χ3v) is 6.95. The van der Waals surface area contributed by atoms with Crippen molar-refractivity contribution in [1.29, 1.82) is 0 Å². The maximum atomic E-state index is 13.1. The molecule has 0 aliphatic heterocycles. The van der Waals surface area contributed by atoms with Crippen LogP contribution in [0.15, 0.2) is 62.8 Å². The maximum absolute atomic E-state index is 13.1. The van der Waals surface area contributed by atoms with E-state index < -0.39 is 0 Å². The second kappa shape index (κ2) is 8.62. The van der Waals surface area contributed by atoms with Crippen molar-refractivity contribution in [2.24, 2.45) is 0 Å². The van der Waals surface area contributed by atoms with Crippen molar-refractivity contribution >= 4 is 44.5 Å². The normalized spacial score (nSPS) is 11.7. The molecule has 5 aromatic rings. The third-order valence-electron chi connectivity index (χ3n) is 5.16. The summed E-state index contributed by atoms with van der Waals surface area (Å²) >= 11 is 2.99. The Morgan fingerprint density at radius 1 is 1.15 bits per heavy atom. The van der Waals surface area contributed by atoms with Crippen molar-refractivity contribution in [3.8, 4) is 21.8 Å². The van der Waals surface area contributed by atoms with Gasteiger partial charge in [-0.05, 0) is 35.7 Å². The van der Waals surface area contributed by atoms with Crippen molar-refractivity contribution in [2.75, 3.05) is 5.32 Å². The Bertz CT molecular complexity index is 1520. The zero-order chi connectivity index (χ0) is 23.9. The topological polar surface area (TPSA) is 103 Å². The molecule has 0 radical (unpaired) electrons. The van der Waals surface area contributed by atoms with Crippen LogP contribution in [0.5, 0.6) is 0 Å². The summed E-state index contributed by atoms with van der Waals surface area (Å²) in [6.45, 7) is 5.87. The smallest absolute Gasteiger partial charge is 0.263 e. The van der Waals surface area contributed by atoms with E-state index in [9.17, 15) is 9.59 Å². The first-order valence-electron chi connectivity index (χ1n) is 10.5. The molecule has 0 unspecified atom stereocenters. The largest absolute Gasteiger partial charge is 0.338 e. The van der Waals surface area contributed by atoms with Crippen molar-refractivity contribution < 1.29 is 9.32 Å². The number of nitrogens with zero attached hydrogens (tertiary/aromatic N) is 4. The molecule has 34 heavy (non-hydrogen) atoms. The molecule has 4 aromatic heterocycles. The number of carbonyl (C=O) groups excluding carboxylic acids is 1. The first-order chi connectivity index (χ1) is 16.3. The van der Waals surface area contributed by atoms with E-state index >= 15 is 0 Å². The number of amides is 1. The molecule has 8 nitrogen and oxygen atoms in total. The first kappa shape index (κ1) is 22.2. The summed E-state index contributed by atoms with van der Waals surface area (Å²) in [5.74, 6) is 0.730. The Labute approximate surface area is 202 Å². The number of aromatic nitrogens is 4. The van der Waals surface area contributed by atoms with Gasteiger partial charge in [0.2, 0.25) is 17.6 Å². The Morgan fingerprint density at radius 3 is 2.62 bits per heavy atom. The molecule has 0 saturated heterocycles. The van der Waals surface area contributed by atoms with E-state index in [0.717, 1.165) is 16.0 Å². The van der Waals surface area contributed by atoms with E-state index in [1.54, 1.807) is 23.5 Å². The average molecular weight is 492 g/mol. The minimum atomic E-state index is -0.321. The highest BCUT2D eigenvalue weighted by molar-refractivity contribution is 7.18. The molecular weight excluding hydrogens is 470 g/mol. The number of thiophene rings is 2. The molecule has 10 heteroatoms. The third kappa shape index (κ3) is 4.29. The molecule has 1 amide bonds. The average Bonchev–Trinajstić information content (AvgIpc) is 3.56. The van der Waals surface area contributed by atoms with Gasteiger partial charge in [0.1, 0.15) is 11.4 Å². The fraction of sp³-hybridized carbons (Fsp3) is 0.208. The standard InChI is InChI=1S/C24H21N5O3S2/c1-24(2,3)23-27-20(28-32-23)14-6-8-15(9-7-14)26-18(30)11-29-13-25-21-19(22(29)31)16(12-34-21)17-5-4-10-33-17/h4-10,12-13H,11H2,1-3H3,(H,26,30). The summed E-state index contributed by atoms with van der Waals surface area (Å²) in [5.41, 5.74) is 1.77. The van der Waals surface area contributed by atoms with Crippen molar-refractivity contribution in [1.82, 2.24) is 19.7 Å². The molecule has 0 aliphatic rings. The molecule has 0 spiro atoms. The quantitative estimate of drug-likeness (QED) is 0.364. The van der Waals surface area contributed by atoms with Crippen LogP contribution in [0.4, 0.5) is 5.69 Å². The first-order valence-corrected chi connectivity index (χ1v) is 12.3. The van der Waals surface area contributed by atoms with Gasteiger partial charge >= 0.3 is 0 Å². The molecule has 0 bridgehead atoms. The predicted octanol–water partition coefficient (Wildman–Crippen LogP) is 5.17. The maximum Gasteiger partial charge on any atom is 0.263 e. The van der Waals surface area contributed by atoms with Crippen LogP contribution in [0.1, 0.15) is 26.7 Å². The highest BCUT2D eigenvalue weighted by Gasteiger charge is 2.22. The molecule has 172 valence electrons. The number of carbonyl (C=O) groups is 1. The zero-order valence-electron chi connectivity index (χ0n) is 18.7. The number of nitrogens with one attached hydrogen (secondary N) is 1. The van der Waals surface area contributed by atoms with Crippen LogP contribution in [0.3, 0.4) is 0 Å². The van der Waals surface area contributed by atoms with Crippen LogP contribution < -0.4 is 10.9 Å². The fourth-order valence-corrected chi connectivity index (χ4v) is 5.12. The highest BCUT2D eigenvalue weighted by atomic mass is 32.1. The summed E-state index contributed by atoms with van der Waals surface area (Å²) in [6.07, 6.45) is 1.42. The summed E-state index contributed by atoms with van der Waals surface area (Å²) in [5, 5.41) is 11.3. The van der Waals surface area contributed by atoms with Gasteiger partial charge in [-0.1, -0.05) is 32.0 Å². The van der Waals surface area contributed by atoms with Crippen molar-refractivity contribution in [3.63, 3.8) is 0 Å². The molecular formula is C24H21N5O3S2. The summed E-state index contributed by atoms with van der Waals surface area (Å²) in [6, 6.07) is 11.1. The minimum Gasteiger partial charge on any atom is -0.338 e. The van der Waals surface area contributed by atoms with Gasteiger partial charge in [0, 0.05) is 32.5 Å². The molecule has 0 aliphatic carbocycles. The van der Waals surface area contributed by atoms with Gasteiger partial charge in [0.25, 0.3) is 5.56 Å². The number of hydrogen-bond donors (Lipinski definition) is 1. The lowest BCUT2D eigenvalue weighted by Gasteiger charge is -2.10. The fourth-order valence-electron chi connectivity index (χ4n) is 3.40. The lowest BCUT2D eigenvalue weighted by molar-refractivity contribution is -0.116. The lowest BCUT2D eigenvalue weighted by Crippen LogP contribution is -2.27. The summed E-state index contributed by atoms with van der Waals surface area (Å²) in [4.78, 5) is 36.2. The second-order valence-corrected chi connectivity index (χ2v) is 10.6. The number of rotatable bonds is 5. The Hall–Kier alpha value is -3.63. The van der Waals surface area contributed by atoms with Crippen LogP contribution in [0.25, 0.3) is 32.0 Å². The molecule has 1 N–H and O–H groups in total. The molecule has 0 fully saturated rings. The Kier molecular flexibility index (Phi) is 5.62. The van der Waals surface area contributed by atoms with Gasteiger partial charge in [-0.25, -0.2) is 4.98 Å². The van der Waals surface area contributed by atoms with Gasteiger partial charge in [0.05, 0.1) is 11.7 Å². The van der Waals surface area contributed by atoms with E-state index in [1.807, 2.05) is 55.8 Å². The van der Waals surface area contributed by atoms with Crippen molar-refractivity contribution in [2.45, 2.75) is 32.7 Å². The van der Waals surface area contributed by atoms with Gasteiger partial charge in [0.15, 0.2) is 0 Å². The summed E-state index contributed by atoms with van der Waals surface area (Å²) in [7, 11) is 0. The van der Waals surface area contributed by atoms with Crippen LogP contribution in [0, 0.1) is 0 Å². The van der Waals surface area contributed by atoms with E-state index in [1.165, 1.54) is 22.2 Å². The Balaban J connectivity index is 1.32. The van der Waals surface area contributed by atoms with E-state index in [2.05, 4.69) is 20.4 Å². The van der Waals surface area contributed by atoms with Gasteiger partial charge < -0.3 is 9.84 Å². The number of anilines is 1.